The molecule has 110 valence electrons. The van der Waals surface area contributed by atoms with Crippen molar-refractivity contribution in [2.24, 2.45) is 5.73 Å². The molecule has 21 heavy (non-hydrogen) atoms. The van der Waals surface area contributed by atoms with Crippen molar-refractivity contribution >= 4 is 5.91 Å². The van der Waals surface area contributed by atoms with Gasteiger partial charge in [0, 0.05) is 26.1 Å². The molecule has 0 bridgehead atoms. The maximum Gasteiger partial charge on any atom is 0.224 e. The summed E-state index contributed by atoms with van der Waals surface area (Å²) in [6, 6.07) is 15.4. The number of carbonyl (C=O) groups excluding carboxylic acids is 1. The van der Waals surface area contributed by atoms with Crippen molar-refractivity contribution in [3.63, 3.8) is 0 Å². The highest BCUT2D eigenvalue weighted by Gasteiger charge is 2.15. The van der Waals surface area contributed by atoms with Crippen molar-refractivity contribution in [1.29, 1.82) is 0 Å². The van der Waals surface area contributed by atoms with E-state index in [9.17, 15) is 9.18 Å². The molecule has 0 heterocycles. The van der Waals surface area contributed by atoms with Gasteiger partial charge in [-0.1, -0.05) is 42.5 Å². The van der Waals surface area contributed by atoms with Gasteiger partial charge in [0.2, 0.25) is 5.91 Å². The topological polar surface area (TPSA) is 46.3 Å². The number of benzene rings is 2. The Labute approximate surface area is 124 Å². The predicted molar refractivity (Wildman–Crippen MR) is 80.9 cm³/mol. The molecule has 0 aliphatic rings. The number of halogens is 1. The van der Waals surface area contributed by atoms with E-state index >= 15 is 0 Å². The third-order valence-corrected chi connectivity index (χ3v) is 3.38. The third-order valence-electron chi connectivity index (χ3n) is 3.38. The monoisotopic (exact) mass is 286 g/mol. The van der Waals surface area contributed by atoms with Crippen LogP contribution in [0.5, 0.6) is 0 Å². The SMILES string of the molecule is CN(Cc1ccc(F)cc1)C(=O)CC(N)c1ccccc1. The third kappa shape index (κ3) is 4.39. The second kappa shape index (κ2) is 6.99. The van der Waals surface area contributed by atoms with Gasteiger partial charge in [-0.25, -0.2) is 4.39 Å². The van der Waals surface area contributed by atoms with E-state index in [0.29, 0.717) is 6.54 Å². The molecule has 0 fully saturated rings. The Hall–Kier alpha value is -2.20. The summed E-state index contributed by atoms with van der Waals surface area (Å²) in [5.74, 6) is -0.311. The van der Waals surface area contributed by atoms with Gasteiger partial charge < -0.3 is 10.6 Å². The summed E-state index contributed by atoms with van der Waals surface area (Å²) in [6.07, 6.45) is 0.252. The first-order valence-corrected chi connectivity index (χ1v) is 6.85. The summed E-state index contributed by atoms with van der Waals surface area (Å²) in [6.45, 7) is 0.445. The zero-order valence-corrected chi connectivity index (χ0v) is 12.0. The second-order valence-electron chi connectivity index (χ2n) is 5.10. The lowest BCUT2D eigenvalue weighted by molar-refractivity contribution is -0.130. The van der Waals surface area contributed by atoms with Crippen LogP contribution in [0.2, 0.25) is 0 Å². The minimum atomic E-state index is -0.311. The predicted octanol–water partition coefficient (Wildman–Crippen LogP) is 2.87. The highest BCUT2D eigenvalue weighted by atomic mass is 19.1. The van der Waals surface area contributed by atoms with Gasteiger partial charge in [0.15, 0.2) is 0 Å². The number of amides is 1. The molecule has 0 spiro atoms. The standard InChI is InChI=1S/C17H19FN2O/c1-20(12-13-7-9-15(18)10-8-13)17(21)11-16(19)14-5-3-2-4-6-14/h2-10,16H,11-12,19H2,1H3. The second-order valence-corrected chi connectivity index (χ2v) is 5.10. The number of hydrogen-bond donors (Lipinski definition) is 1. The van der Waals surface area contributed by atoms with Crippen molar-refractivity contribution in [1.82, 2.24) is 4.90 Å². The molecule has 1 atom stereocenters. The molecule has 0 aromatic heterocycles. The van der Waals surface area contributed by atoms with Crippen LogP contribution in [0.4, 0.5) is 4.39 Å². The number of nitrogens with zero attached hydrogens (tertiary/aromatic N) is 1. The van der Waals surface area contributed by atoms with Gasteiger partial charge in [0.1, 0.15) is 5.82 Å². The van der Waals surface area contributed by atoms with E-state index in [1.807, 2.05) is 30.3 Å². The van der Waals surface area contributed by atoms with E-state index in [1.54, 1.807) is 24.1 Å². The summed E-state index contributed by atoms with van der Waals surface area (Å²) in [5, 5.41) is 0. The van der Waals surface area contributed by atoms with Crippen LogP contribution in [0.3, 0.4) is 0 Å². The quantitative estimate of drug-likeness (QED) is 0.918. The number of hydrogen-bond acceptors (Lipinski definition) is 2. The van der Waals surface area contributed by atoms with Crippen LogP contribution in [-0.2, 0) is 11.3 Å². The average molecular weight is 286 g/mol. The first-order chi connectivity index (χ1) is 10.1. The van der Waals surface area contributed by atoms with E-state index in [-0.39, 0.29) is 24.2 Å². The normalized spacial score (nSPS) is 12.0. The molecular formula is C17H19FN2O. The molecular weight excluding hydrogens is 267 g/mol. The Morgan fingerprint density at radius 1 is 1.14 bits per heavy atom. The molecule has 1 amide bonds. The Bertz CT molecular complexity index is 583. The molecule has 0 aliphatic carbocycles. The highest BCUT2D eigenvalue weighted by Crippen LogP contribution is 2.15. The fourth-order valence-electron chi connectivity index (χ4n) is 2.11. The van der Waals surface area contributed by atoms with Crippen molar-refractivity contribution in [2.45, 2.75) is 19.0 Å². The van der Waals surface area contributed by atoms with Crippen LogP contribution >= 0.6 is 0 Å². The maximum absolute atomic E-state index is 12.8. The molecule has 0 saturated heterocycles. The van der Waals surface area contributed by atoms with Gasteiger partial charge in [-0.15, -0.1) is 0 Å². The van der Waals surface area contributed by atoms with Crippen molar-refractivity contribution in [3.8, 4) is 0 Å². The lowest BCUT2D eigenvalue weighted by Crippen LogP contribution is -2.29. The minimum Gasteiger partial charge on any atom is -0.341 e. The van der Waals surface area contributed by atoms with E-state index in [0.717, 1.165) is 11.1 Å². The van der Waals surface area contributed by atoms with Crippen molar-refractivity contribution in [2.75, 3.05) is 7.05 Å². The van der Waals surface area contributed by atoms with Crippen LogP contribution in [0.1, 0.15) is 23.6 Å². The molecule has 2 rings (SSSR count). The Balaban J connectivity index is 1.92. The van der Waals surface area contributed by atoms with E-state index < -0.39 is 0 Å². The summed E-state index contributed by atoms with van der Waals surface area (Å²) >= 11 is 0. The molecule has 0 radical (unpaired) electrons. The molecule has 0 saturated carbocycles. The lowest BCUT2D eigenvalue weighted by Gasteiger charge is -2.20. The summed E-state index contributed by atoms with van der Waals surface area (Å²) in [5.41, 5.74) is 7.88. The van der Waals surface area contributed by atoms with Gasteiger partial charge in [0.05, 0.1) is 0 Å². The fraction of sp³-hybridized carbons (Fsp3) is 0.235. The fourth-order valence-corrected chi connectivity index (χ4v) is 2.11. The summed E-state index contributed by atoms with van der Waals surface area (Å²) < 4.78 is 12.8. The van der Waals surface area contributed by atoms with E-state index in [4.69, 9.17) is 5.73 Å². The zero-order chi connectivity index (χ0) is 15.2. The highest BCUT2D eigenvalue weighted by molar-refractivity contribution is 5.76. The molecule has 3 nitrogen and oxygen atoms in total. The van der Waals surface area contributed by atoms with Gasteiger partial charge in [-0.05, 0) is 23.3 Å². The number of nitrogens with two attached hydrogens (primary N) is 1. The average Bonchev–Trinajstić information content (AvgIpc) is 2.50. The Morgan fingerprint density at radius 3 is 2.38 bits per heavy atom. The largest absolute Gasteiger partial charge is 0.341 e. The van der Waals surface area contributed by atoms with Crippen molar-refractivity contribution in [3.05, 3.63) is 71.5 Å². The molecule has 2 aromatic carbocycles. The van der Waals surface area contributed by atoms with E-state index in [1.165, 1.54) is 12.1 Å². The molecule has 0 aliphatic heterocycles. The van der Waals surface area contributed by atoms with Gasteiger partial charge in [-0.2, -0.15) is 0 Å². The Morgan fingerprint density at radius 2 is 1.76 bits per heavy atom. The smallest absolute Gasteiger partial charge is 0.224 e. The lowest BCUT2D eigenvalue weighted by atomic mass is 10.0. The molecule has 2 N–H and O–H groups in total. The first kappa shape index (κ1) is 15.2. The molecule has 1 unspecified atom stereocenters. The number of rotatable bonds is 5. The van der Waals surface area contributed by atoms with Crippen LogP contribution in [0.15, 0.2) is 54.6 Å². The summed E-state index contributed by atoms with van der Waals surface area (Å²) in [7, 11) is 1.73. The molecule has 4 heteroatoms. The first-order valence-electron chi connectivity index (χ1n) is 6.85. The minimum absolute atomic E-state index is 0.0318. The summed E-state index contributed by atoms with van der Waals surface area (Å²) in [4.78, 5) is 13.8. The van der Waals surface area contributed by atoms with Crippen molar-refractivity contribution < 1.29 is 9.18 Å². The zero-order valence-electron chi connectivity index (χ0n) is 12.0. The van der Waals surface area contributed by atoms with E-state index in [2.05, 4.69) is 0 Å². The van der Waals surface area contributed by atoms with Gasteiger partial charge in [-0.3, -0.25) is 4.79 Å². The van der Waals surface area contributed by atoms with Gasteiger partial charge >= 0.3 is 0 Å². The maximum atomic E-state index is 12.8. The van der Waals surface area contributed by atoms with Crippen LogP contribution in [0.25, 0.3) is 0 Å². The Kier molecular flexibility index (Phi) is 5.06. The van der Waals surface area contributed by atoms with Crippen LogP contribution < -0.4 is 5.73 Å². The van der Waals surface area contributed by atoms with Gasteiger partial charge in [0.25, 0.3) is 0 Å². The van der Waals surface area contributed by atoms with Crippen LogP contribution in [-0.4, -0.2) is 17.9 Å². The van der Waals surface area contributed by atoms with Crippen LogP contribution in [0, 0.1) is 5.82 Å². The molecule has 2 aromatic rings. The number of carbonyl (C=O) groups is 1.